The third kappa shape index (κ3) is 21.3. The van der Waals surface area contributed by atoms with E-state index in [4.69, 9.17) is 9.47 Å². The van der Waals surface area contributed by atoms with E-state index in [0.717, 1.165) is 55.5 Å². The van der Waals surface area contributed by atoms with Crippen molar-refractivity contribution in [3.8, 4) is 11.5 Å². The minimum atomic E-state index is -10.7. The zero-order valence-corrected chi connectivity index (χ0v) is 30.5. The second-order valence-electron chi connectivity index (χ2n) is 12.7. The van der Waals surface area contributed by atoms with Crippen LogP contribution in [0.5, 0.6) is 11.5 Å². The van der Waals surface area contributed by atoms with E-state index in [1.807, 2.05) is 12.1 Å². The van der Waals surface area contributed by atoms with Crippen molar-refractivity contribution < 1.29 is 48.8 Å². The van der Waals surface area contributed by atoms with Crippen molar-refractivity contribution in [3.05, 3.63) is 52.8 Å². The van der Waals surface area contributed by atoms with Crippen molar-refractivity contribution in [2.45, 2.75) is 150 Å². The van der Waals surface area contributed by atoms with Crippen LogP contribution >= 0.6 is 7.81 Å². The fourth-order valence-corrected chi connectivity index (χ4v) is 5.63. The summed E-state index contributed by atoms with van der Waals surface area (Å²) in [4.78, 5) is 25.5. The number of rotatable bonds is 20. The molecule has 5 nitrogen and oxygen atoms in total. The standard InChI is InChI=1S/C36H56NO4.F6P/c1-7-9-11-13-15-17-19-21-35(38)40-33-24-23-32(31(6)37-29(4)25-28(3)26-30(37)5)27-34(33)41-36(39)22-20-18-16-14-12-10-8-2;1-7(2,3,4,5)6/h23-27,31H,7-22H2,1-6H3;/q+1;-1. The molecule has 1 atom stereocenters. The Morgan fingerprint density at radius 2 is 1.00 bits per heavy atom. The number of aryl methyl sites for hydroxylation is 3. The van der Waals surface area contributed by atoms with Gasteiger partial charge in [-0.2, -0.15) is 4.57 Å². The maximum absolute atomic E-state index is 12.8. The van der Waals surface area contributed by atoms with Crippen LogP contribution in [0.25, 0.3) is 0 Å². The molecule has 1 aromatic carbocycles. The number of halogens is 6. The molecular formula is C36H56F6NO4P. The zero-order valence-electron chi connectivity index (χ0n) is 29.6. The van der Waals surface area contributed by atoms with E-state index in [9.17, 15) is 34.8 Å². The van der Waals surface area contributed by atoms with Crippen LogP contribution in [-0.4, -0.2) is 11.9 Å². The first-order valence-corrected chi connectivity index (χ1v) is 19.4. The molecule has 0 fully saturated rings. The molecule has 1 unspecified atom stereocenters. The summed E-state index contributed by atoms with van der Waals surface area (Å²) in [6.07, 6.45) is 16.7. The molecule has 1 heterocycles. The van der Waals surface area contributed by atoms with Gasteiger partial charge in [-0.15, -0.1) is 0 Å². The predicted molar refractivity (Wildman–Crippen MR) is 181 cm³/mol. The molecule has 0 saturated carbocycles. The van der Waals surface area contributed by atoms with Crippen LogP contribution in [0.2, 0.25) is 0 Å². The van der Waals surface area contributed by atoms with E-state index >= 15 is 0 Å². The summed E-state index contributed by atoms with van der Waals surface area (Å²) >= 11 is 0. The summed E-state index contributed by atoms with van der Waals surface area (Å²) in [6.45, 7) is 12.9. The van der Waals surface area contributed by atoms with Crippen molar-refractivity contribution in [2.24, 2.45) is 0 Å². The van der Waals surface area contributed by atoms with Gasteiger partial charge in [-0.3, -0.25) is 9.59 Å². The Morgan fingerprint density at radius 1 is 0.625 bits per heavy atom. The molecule has 0 amide bonds. The van der Waals surface area contributed by atoms with Gasteiger partial charge in [-0.1, -0.05) is 90.9 Å². The van der Waals surface area contributed by atoms with Gasteiger partial charge in [0.25, 0.3) is 0 Å². The van der Waals surface area contributed by atoms with Crippen LogP contribution in [0.4, 0.5) is 25.2 Å². The van der Waals surface area contributed by atoms with Crippen LogP contribution < -0.4 is 14.0 Å². The number of hydrogen-bond donors (Lipinski definition) is 0. The summed E-state index contributed by atoms with van der Waals surface area (Å²) in [5.41, 5.74) is 4.55. The fraction of sp³-hybridized carbons (Fsp3) is 0.639. The Kier molecular flexibility index (Phi) is 17.6. The average Bonchev–Trinajstić information content (AvgIpc) is 2.95. The average molecular weight is 712 g/mol. The Hall–Kier alpha value is -2.68. The molecule has 0 aliphatic carbocycles. The van der Waals surface area contributed by atoms with E-state index in [0.29, 0.717) is 24.3 Å². The van der Waals surface area contributed by atoms with Gasteiger partial charge < -0.3 is 9.47 Å². The Balaban J connectivity index is 0.00000148. The molecule has 0 aliphatic rings. The number of aromatic nitrogens is 1. The van der Waals surface area contributed by atoms with Crippen molar-refractivity contribution in [2.75, 3.05) is 0 Å². The molecule has 0 spiro atoms. The quantitative estimate of drug-likeness (QED) is 0.0343. The number of unbranched alkanes of at least 4 members (excludes halogenated alkanes) is 12. The van der Waals surface area contributed by atoms with Crippen molar-refractivity contribution >= 4 is 19.7 Å². The number of esters is 2. The van der Waals surface area contributed by atoms with Gasteiger partial charge in [0.2, 0.25) is 0 Å². The van der Waals surface area contributed by atoms with E-state index in [1.54, 1.807) is 6.07 Å². The third-order valence-corrected chi connectivity index (χ3v) is 7.89. The Labute approximate surface area is 283 Å². The van der Waals surface area contributed by atoms with Crippen LogP contribution in [0.1, 0.15) is 152 Å². The number of nitrogens with zero attached hydrogens (tertiary/aromatic N) is 1. The normalized spacial score (nSPS) is 13.5. The Bertz CT molecular complexity index is 1270. The molecule has 2 aromatic rings. The van der Waals surface area contributed by atoms with Gasteiger partial charge in [0, 0.05) is 51.3 Å². The number of carbonyl (C=O) groups excluding carboxylic acids is 2. The van der Waals surface area contributed by atoms with Gasteiger partial charge >= 0.3 is 44.9 Å². The number of ether oxygens (including phenoxy) is 2. The third-order valence-electron chi connectivity index (χ3n) is 7.89. The summed E-state index contributed by atoms with van der Waals surface area (Å²) < 4.78 is 73.1. The number of hydrogen-bond acceptors (Lipinski definition) is 4. The summed E-state index contributed by atoms with van der Waals surface area (Å²) in [5, 5.41) is 0. The van der Waals surface area contributed by atoms with Gasteiger partial charge in [0.15, 0.2) is 28.9 Å². The topological polar surface area (TPSA) is 56.5 Å². The van der Waals surface area contributed by atoms with Gasteiger partial charge in [0.1, 0.15) is 0 Å². The Morgan fingerprint density at radius 3 is 1.42 bits per heavy atom. The molecule has 0 saturated heterocycles. The first-order chi connectivity index (χ1) is 22.2. The van der Waals surface area contributed by atoms with E-state index in [-0.39, 0.29) is 18.0 Å². The first-order valence-electron chi connectivity index (χ1n) is 17.3. The van der Waals surface area contributed by atoms with Crippen LogP contribution in [0, 0.1) is 20.8 Å². The summed E-state index contributed by atoms with van der Waals surface area (Å²) in [5.74, 6) is 0.105. The monoisotopic (exact) mass is 711 g/mol. The van der Waals surface area contributed by atoms with Gasteiger partial charge in [-0.05, 0) is 43.5 Å². The molecule has 12 heteroatoms. The number of pyridine rings is 1. The summed E-state index contributed by atoms with van der Waals surface area (Å²) in [7, 11) is -10.7. The van der Waals surface area contributed by atoms with Crippen LogP contribution in [-0.2, 0) is 9.59 Å². The number of benzene rings is 1. The predicted octanol–water partition coefficient (Wildman–Crippen LogP) is 13.0. The van der Waals surface area contributed by atoms with Gasteiger partial charge in [0.05, 0.1) is 0 Å². The summed E-state index contributed by atoms with van der Waals surface area (Å²) in [6, 6.07) is 9.99. The molecule has 0 radical (unpaired) electrons. The molecule has 1 aromatic heterocycles. The molecule has 2 rings (SSSR count). The van der Waals surface area contributed by atoms with Crippen molar-refractivity contribution in [1.29, 1.82) is 0 Å². The SMILES string of the molecule is CCCCCCCCCC(=O)Oc1ccc(C(C)[n+]2c(C)cc(C)cc2C)cc1OC(=O)CCCCCCCCC.F[P-](F)(F)(F)(F)F. The van der Waals surface area contributed by atoms with E-state index < -0.39 is 7.81 Å². The molecular weight excluding hydrogens is 655 g/mol. The second kappa shape index (κ2) is 19.5. The molecule has 0 aliphatic heterocycles. The van der Waals surface area contributed by atoms with Crippen LogP contribution in [0.15, 0.2) is 30.3 Å². The molecule has 0 bridgehead atoms. The van der Waals surface area contributed by atoms with E-state index in [2.05, 4.69) is 58.2 Å². The molecule has 0 N–H and O–H groups in total. The minimum absolute atomic E-state index is 0.0219. The van der Waals surface area contributed by atoms with Crippen LogP contribution in [0.3, 0.4) is 0 Å². The van der Waals surface area contributed by atoms with Gasteiger partial charge in [-0.25, -0.2) is 0 Å². The molecule has 48 heavy (non-hydrogen) atoms. The number of carbonyl (C=O) groups is 2. The van der Waals surface area contributed by atoms with Crippen molar-refractivity contribution in [3.63, 3.8) is 0 Å². The fourth-order valence-electron chi connectivity index (χ4n) is 5.63. The van der Waals surface area contributed by atoms with Crippen molar-refractivity contribution in [1.82, 2.24) is 0 Å². The van der Waals surface area contributed by atoms with E-state index in [1.165, 1.54) is 56.9 Å². The zero-order chi connectivity index (χ0) is 36.4. The molecule has 276 valence electrons. The first kappa shape index (κ1) is 43.3. The maximum atomic E-state index is 12.8. The second-order valence-corrected chi connectivity index (χ2v) is 14.6.